The van der Waals surface area contributed by atoms with Crippen molar-refractivity contribution in [2.75, 3.05) is 32.9 Å². The molecule has 2 aromatic carbocycles. The van der Waals surface area contributed by atoms with Gasteiger partial charge in [-0.25, -0.2) is 4.98 Å². The summed E-state index contributed by atoms with van der Waals surface area (Å²) >= 11 is 0. The van der Waals surface area contributed by atoms with Crippen molar-refractivity contribution in [3.05, 3.63) is 54.1 Å². The third-order valence-electron chi connectivity index (χ3n) is 5.22. The fraction of sp³-hybridized carbons (Fsp3) is 0.381. The highest BCUT2D eigenvalue weighted by Crippen LogP contribution is 2.27. The minimum absolute atomic E-state index is 0.0967. The molecule has 1 saturated heterocycles. The van der Waals surface area contributed by atoms with Crippen molar-refractivity contribution in [2.24, 2.45) is 0 Å². The Morgan fingerprint density at radius 1 is 1.08 bits per heavy atom. The molecule has 0 bridgehead atoms. The second-order valence-corrected chi connectivity index (χ2v) is 6.75. The lowest BCUT2D eigenvalue weighted by Crippen LogP contribution is -2.37. The SMILES string of the molecule is CC(c1ccc(-c2nc3ccccc3n2CCO)cc1)N1CCOCC1. The summed E-state index contributed by atoms with van der Waals surface area (Å²) in [5, 5.41) is 9.47. The van der Waals surface area contributed by atoms with Crippen LogP contribution in [0.1, 0.15) is 18.5 Å². The molecule has 5 heteroatoms. The summed E-state index contributed by atoms with van der Waals surface area (Å²) in [4.78, 5) is 7.25. The van der Waals surface area contributed by atoms with Crippen LogP contribution in [-0.4, -0.2) is 52.5 Å². The number of para-hydroxylation sites is 2. The maximum atomic E-state index is 9.47. The van der Waals surface area contributed by atoms with E-state index in [1.54, 1.807) is 0 Å². The van der Waals surface area contributed by atoms with E-state index in [1.807, 2.05) is 18.2 Å². The maximum absolute atomic E-state index is 9.47. The van der Waals surface area contributed by atoms with Crippen molar-refractivity contribution in [1.82, 2.24) is 14.5 Å². The van der Waals surface area contributed by atoms with Crippen molar-refractivity contribution in [2.45, 2.75) is 19.5 Å². The van der Waals surface area contributed by atoms with Crippen molar-refractivity contribution < 1.29 is 9.84 Å². The number of rotatable bonds is 5. The molecule has 26 heavy (non-hydrogen) atoms. The second-order valence-electron chi connectivity index (χ2n) is 6.75. The summed E-state index contributed by atoms with van der Waals surface area (Å²) in [6, 6.07) is 17.1. The van der Waals surface area contributed by atoms with Gasteiger partial charge in [0, 0.05) is 31.2 Å². The topological polar surface area (TPSA) is 50.5 Å². The summed E-state index contributed by atoms with van der Waals surface area (Å²) in [7, 11) is 0. The Kier molecular flexibility index (Phi) is 5.02. The summed E-state index contributed by atoms with van der Waals surface area (Å²) in [5.41, 5.74) is 4.40. The zero-order valence-electron chi connectivity index (χ0n) is 15.1. The molecule has 136 valence electrons. The van der Waals surface area contributed by atoms with Gasteiger partial charge < -0.3 is 14.4 Å². The average Bonchev–Trinajstić information content (AvgIpc) is 3.07. The van der Waals surface area contributed by atoms with E-state index in [0.717, 1.165) is 48.7 Å². The number of nitrogens with zero attached hydrogens (tertiary/aromatic N) is 3. The van der Waals surface area contributed by atoms with Crippen LogP contribution in [0.4, 0.5) is 0 Å². The Hall–Kier alpha value is -2.21. The second kappa shape index (κ2) is 7.58. The van der Waals surface area contributed by atoms with Gasteiger partial charge in [-0.2, -0.15) is 0 Å². The molecule has 1 unspecified atom stereocenters. The maximum Gasteiger partial charge on any atom is 0.141 e. The number of aromatic nitrogens is 2. The number of hydrogen-bond acceptors (Lipinski definition) is 4. The number of morpholine rings is 1. The highest BCUT2D eigenvalue weighted by Gasteiger charge is 2.19. The monoisotopic (exact) mass is 351 g/mol. The molecule has 1 aliphatic rings. The number of hydrogen-bond donors (Lipinski definition) is 1. The number of aliphatic hydroxyl groups excluding tert-OH is 1. The first-order valence-corrected chi connectivity index (χ1v) is 9.26. The van der Waals surface area contributed by atoms with E-state index < -0.39 is 0 Å². The van der Waals surface area contributed by atoms with Gasteiger partial charge in [0.2, 0.25) is 0 Å². The third kappa shape index (κ3) is 3.26. The fourth-order valence-corrected chi connectivity index (χ4v) is 3.71. The van der Waals surface area contributed by atoms with Crippen LogP contribution < -0.4 is 0 Å². The Bertz CT molecular complexity index is 867. The molecule has 0 radical (unpaired) electrons. The van der Waals surface area contributed by atoms with Gasteiger partial charge in [0.1, 0.15) is 5.82 Å². The summed E-state index contributed by atoms with van der Waals surface area (Å²) in [5.74, 6) is 0.908. The number of imidazole rings is 1. The van der Waals surface area contributed by atoms with E-state index in [-0.39, 0.29) is 6.61 Å². The van der Waals surface area contributed by atoms with Gasteiger partial charge in [-0.1, -0.05) is 36.4 Å². The quantitative estimate of drug-likeness (QED) is 0.767. The standard InChI is InChI=1S/C21H25N3O2/c1-16(23-11-14-26-15-12-23)17-6-8-18(9-7-17)21-22-19-4-2-3-5-20(19)24(21)10-13-25/h2-9,16,25H,10-15H2,1H3. The predicted octanol–water partition coefficient (Wildman–Crippen LogP) is 3.09. The number of aliphatic hydroxyl groups is 1. The average molecular weight is 351 g/mol. The molecule has 1 N–H and O–H groups in total. The van der Waals surface area contributed by atoms with Crippen LogP contribution in [0, 0.1) is 0 Å². The molecule has 0 saturated carbocycles. The van der Waals surface area contributed by atoms with Crippen molar-refractivity contribution in [3.63, 3.8) is 0 Å². The fourth-order valence-electron chi connectivity index (χ4n) is 3.71. The van der Waals surface area contributed by atoms with Crippen LogP contribution in [0.5, 0.6) is 0 Å². The summed E-state index contributed by atoms with van der Waals surface area (Å²) in [6.07, 6.45) is 0. The van der Waals surface area contributed by atoms with Gasteiger partial charge in [0.05, 0.1) is 30.9 Å². The van der Waals surface area contributed by atoms with Gasteiger partial charge in [0.25, 0.3) is 0 Å². The van der Waals surface area contributed by atoms with Crippen LogP contribution in [0.3, 0.4) is 0 Å². The van der Waals surface area contributed by atoms with Crippen LogP contribution >= 0.6 is 0 Å². The van der Waals surface area contributed by atoms with Crippen molar-refractivity contribution in [1.29, 1.82) is 0 Å². The van der Waals surface area contributed by atoms with E-state index in [1.165, 1.54) is 5.56 Å². The van der Waals surface area contributed by atoms with Gasteiger partial charge in [-0.15, -0.1) is 0 Å². The largest absolute Gasteiger partial charge is 0.395 e. The van der Waals surface area contributed by atoms with Gasteiger partial charge in [-0.05, 0) is 24.6 Å². The van der Waals surface area contributed by atoms with E-state index in [0.29, 0.717) is 12.6 Å². The molecule has 3 aromatic rings. The number of fused-ring (bicyclic) bond motifs is 1. The molecular formula is C21H25N3O2. The first-order valence-electron chi connectivity index (χ1n) is 9.26. The molecule has 0 aliphatic carbocycles. The van der Waals surface area contributed by atoms with E-state index in [2.05, 4.69) is 46.7 Å². The molecule has 1 aromatic heterocycles. The molecule has 0 spiro atoms. The molecule has 5 nitrogen and oxygen atoms in total. The van der Waals surface area contributed by atoms with E-state index in [9.17, 15) is 5.11 Å². The molecular weight excluding hydrogens is 326 g/mol. The molecule has 2 heterocycles. The van der Waals surface area contributed by atoms with E-state index in [4.69, 9.17) is 9.72 Å². The van der Waals surface area contributed by atoms with Crippen LogP contribution in [0.2, 0.25) is 0 Å². The lowest BCUT2D eigenvalue weighted by molar-refractivity contribution is 0.0198. The molecule has 1 aliphatic heterocycles. The normalized spacial score (nSPS) is 16.8. The van der Waals surface area contributed by atoms with Crippen LogP contribution in [0.15, 0.2) is 48.5 Å². The zero-order valence-corrected chi connectivity index (χ0v) is 15.1. The number of benzene rings is 2. The summed E-state index contributed by atoms with van der Waals surface area (Å²) < 4.78 is 7.55. The zero-order chi connectivity index (χ0) is 17.9. The Balaban J connectivity index is 1.64. The molecule has 1 fully saturated rings. The lowest BCUT2D eigenvalue weighted by Gasteiger charge is -2.32. The Labute approximate surface area is 153 Å². The van der Waals surface area contributed by atoms with Crippen LogP contribution in [0.25, 0.3) is 22.4 Å². The molecule has 0 amide bonds. The van der Waals surface area contributed by atoms with E-state index >= 15 is 0 Å². The summed E-state index contributed by atoms with van der Waals surface area (Å²) in [6.45, 7) is 6.48. The first-order chi connectivity index (χ1) is 12.8. The van der Waals surface area contributed by atoms with Gasteiger partial charge >= 0.3 is 0 Å². The van der Waals surface area contributed by atoms with Gasteiger partial charge in [0.15, 0.2) is 0 Å². The molecule has 4 rings (SSSR count). The minimum Gasteiger partial charge on any atom is -0.395 e. The third-order valence-corrected chi connectivity index (χ3v) is 5.22. The highest BCUT2D eigenvalue weighted by molar-refractivity contribution is 5.80. The van der Waals surface area contributed by atoms with Crippen LogP contribution in [-0.2, 0) is 11.3 Å². The molecule has 1 atom stereocenters. The Morgan fingerprint density at radius 3 is 2.54 bits per heavy atom. The first kappa shape index (κ1) is 17.2. The van der Waals surface area contributed by atoms with Crippen molar-refractivity contribution >= 4 is 11.0 Å². The lowest BCUT2D eigenvalue weighted by atomic mass is 10.0. The smallest absolute Gasteiger partial charge is 0.141 e. The Morgan fingerprint density at radius 2 is 1.81 bits per heavy atom. The van der Waals surface area contributed by atoms with Crippen molar-refractivity contribution in [3.8, 4) is 11.4 Å². The van der Waals surface area contributed by atoms with Gasteiger partial charge in [-0.3, -0.25) is 4.90 Å². The highest BCUT2D eigenvalue weighted by atomic mass is 16.5. The predicted molar refractivity (Wildman–Crippen MR) is 103 cm³/mol. The number of ether oxygens (including phenoxy) is 1. The minimum atomic E-state index is 0.0967.